The van der Waals surface area contributed by atoms with E-state index < -0.39 is 11.4 Å². The molecule has 0 saturated carbocycles. The van der Waals surface area contributed by atoms with E-state index in [-0.39, 0.29) is 5.25 Å². The van der Waals surface area contributed by atoms with E-state index in [1.165, 1.54) is 12.8 Å². The fraction of sp³-hybridized carbons (Fsp3) is 1.00. The first-order valence-electron chi connectivity index (χ1n) is 3.87. The summed E-state index contributed by atoms with van der Waals surface area (Å²) in [6, 6.07) is 0. The van der Waals surface area contributed by atoms with Crippen molar-refractivity contribution in [2.24, 2.45) is 0 Å². The van der Waals surface area contributed by atoms with Crippen molar-refractivity contribution >= 4 is 11.4 Å². The van der Waals surface area contributed by atoms with E-state index in [2.05, 4.69) is 4.31 Å². The fourth-order valence-electron chi connectivity index (χ4n) is 1.17. The Labute approximate surface area is 65.9 Å². The zero-order chi connectivity index (χ0) is 7.56. The molecule has 1 saturated heterocycles. The highest BCUT2D eigenvalue weighted by Crippen LogP contribution is 2.15. The van der Waals surface area contributed by atoms with Crippen LogP contribution in [0.1, 0.15) is 26.7 Å². The van der Waals surface area contributed by atoms with Gasteiger partial charge in [-0.25, -0.2) is 0 Å². The van der Waals surface area contributed by atoms with Crippen LogP contribution in [0.25, 0.3) is 0 Å². The van der Waals surface area contributed by atoms with Crippen molar-refractivity contribution in [1.82, 2.24) is 4.31 Å². The van der Waals surface area contributed by atoms with E-state index in [9.17, 15) is 4.55 Å². The predicted molar refractivity (Wildman–Crippen MR) is 44.1 cm³/mol. The van der Waals surface area contributed by atoms with Gasteiger partial charge in [0.2, 0.25) is 0 Å². The zero-order valence-electron chi connectivity index (χ0n) is 6.67. The van der Waals surface area contributed by atoms with Gasteiger partial charge in [0.05, 0.1) is 0 Å². The molecule has 0 radical (unpaired) electrons. The van der Waals surface area contributed by atoms with E-state index in [1.807, 2.05) is 13.8 Å². The topological polar surface area (TPSA) is 26.3 Å². The lowest BCUT2D eigenvalue weighted by atomic mass is 10.4. The van der Waals surface area contributed by atoms with Gasteiger partial charge in [-0.15, -0.1) is 4.31 Å². The molecule has 1 rings (SSSR count). The van der Waals surface area contributed by atoms with Gasteiger partial charge in [0, 0.05) is 24.5 Å². The average molecular weight is 161 g/mol. The van der Waals surface area contributed by atoms with Crippen LogP contribution < -0.4 is 0 Å². The highest BCUT2D eigenvalue weighted by atomic mass is 32.2. The van der Waals surface area contributed by atoms with Gasteiger partial charge >= 0.3 is 0 Å². The van der Waals surface area contributed by atoms with Gasteiger partial charge in [-0.1, -0.05) is 0 Å². The van der Waals surface area contributed by atoms with Gasteiger partial charge in [-0.3, -0.25) is 0 Å². The van der Waals surface area contributed by atoms with Crippen molar-refractivity contribution in [2.75, 3.05) is 13.1 Å². The lowest BCUT2D eigenvalue weighted by molar-refractivity contribution is 0.469. The number of nitrogens with zero attached hydrogens (tertiary/aromatic N) is 1. The van der Waals surface area contributed by atoms with Gasteiger partial charge in [-0.05, 0) is 26.7 Å². The minimum absolute atomic E-state index is 0.290. The number of hydrogen-bond donors (Lipinski definition) is 0. The Balaban J connectivity index is 2.32. The summed E-state index contributed by atoms with van der Waals surface area (Å²) >= 11 is -0.714. The molecule has 0 aromatic heterocycles. The molecule has 2 nitrogen and oxygen atoms in total. The molecule has 0 aliphatic carbocycles. The fourth-order valence-corrected chi connectivity index (χ4v) is 2.38. The molecule has 0 spiro atoms. The minimum atomic E-state index is -0.714. The molecule has 0 bridgehead atoms. The summed E-state index contributed by atoms with van der Waals surface area (Å²) in [6.45, 7) is 6.08. The molecule has 0 amide bonds. The molecule has 60 valence electrons. The van der Waals surface area contributed by atoms with Crippen LogP contribution >= 0.6 is 0 Å². The van der Waals surface area contributed by atoms with Crippen LogP contribution in [0.5, 0.6) is 0 Å². The van der Waals surface area contributed by atoms with Crippen molar-refractivity contribution in [1.29, 1.82) is 0 Å². The maximum Gasteiger partial charge on any atom is 0.130 e. The lowest BCUT2D eigenvalue weighted by Crippen LogP contribution is -2.33. The van der Waals surface area contributed by atoms with Crippen molar-refractivity contribution < 1.29 is 4.55 Å². The van der Waals surface area contributed by atoms with E-state index >= 15 is 0 Å². The molecule has 3 heteroatoms. The summed E-state index contributed by atoms with van der Waals surface area (Å²) in [6.07, 6.45) is 2.44. The summed E-state index contributed by atoms with van der Waals surface area (Å²) in [5, 5.41) is 0.290. The van der Waals surface area contributed by atoms with E-state index in [1.54, 1.807) is 0 Å². The Morgan fingerprint density at radius 3 is 2.20 bits per heavy atom. The third-order valence-electron chi connectivity index (χ3n) is 1.72. The normalized spacial score (nSPS) is 24.0. The predicted octanol–water partition coefficient (Wildman–Crippen LogP) is 1.15. The molecule has 10 heavy (non-hydrogen) atoms. The first-order chi connectivity index (χ1) is 4.72. The van der Waals surface area contributed by atoms with E-state index in [0.29, 0.717) is 0 Å². The summed E-state index contributed by atoms with van der Waals surface area (Å²) < 4.78 is 13.5. The molecular formula is C7H15NOS. The molecule has 1 atom stereocenters. The van der Waals surface area contributed by atoms with Gasteiger partial charge < -0.3 is 4.55 Å². The monoisotopic (exact) mass is 161 g/mol. The first kappa shape index (κ1) is 8.37. The summed E-state index contributed by atoms with van der Waals surface area (Å²) in [5.74, 6) is 0. The second-order valence-corrected chi connectivity index (χ2v) is 4.97. The molecule has 1 heterocycles. The van der Waals surface area contributed by atoms with Gasteiger partial charge in [0.1, 0.15) is 5.25 Å². The van der Waals surface area contributed by atoms with Gasteiger partial charge in [0.25, 0.3) is 0 Å². The Morgan fingerprint density at radius 1 is 1.30 bits per heavy atom. The Kier molecular flexibility index (Phi) is 3.01. The zero-order valence-corrected chi connectivity index (χ0v) is 7.49. The standard InChI is InChI=1S/C7H15NOS/c1-7(2)10(9)8-5-3-4-6-8/h7H,3-6H2,1-2H3. The minimum Gasteiger partial charge on any atom is -0.598 e. The Morgan fingerprint density at radius 2 is 1.80 bits per heavy atom. The summed E-state index contributed by atoms with van der Waals surface area (Å²) in [4.78, 5) is 0. The maximum absolute atomic E-state index is 11.4. The summed E-state index contributed by atoms with van der Waals surface area (Å²) in [7, 11) is 0. The summed E-state index contributed by atoms with van der Waals surface area (Å²) in [5.41, 5.74) is 0. The van der Waals surface area contributed by atoms with Crippen LogP contribution in [0.3, 0.4) is 0 Å². The van der Waals surface area contributed by atoms with Crippen LogP contribution in [-0.2, 0) is 11.4 Å². The van der Waals surface area contributed by atoms with Gasteiger partial charge in [0.15, 0.2) is 0 Å². The molecule has 0 aromatic carbocycles. The first-order valence-corrected chi connectivity index (χ1v) is 5.04. The molecule has 1 aliphatic rings. The van der Waals surface area contributed by atoms with Gasteiger partial charge in [-0.2, -0.15) is 0 Å². The highest BCUT2D eigenvalue weighted by Gasteiger charge is 2.25. The van der Waals surface area contributed by atoms with Crippen molar-refractivity contribution in [3.63, 3.8) is 0 Å². The molecule has 1 unspecified atom stereocenters. The highest BCUT2D eigenvalue weighted by molar-refractivity contribution is 7.89. The Bertz CT molecular complexity index is 102. The molecule has 1 fully saturated rings. The van der Waals surface area contributed by atoms with Crippen molar-refractivity contribution in [2.45, 2.75) is 31.9 Å². The van der Waals surface area contributed by atoms with E-state index in [4.69, 9.17) is 0 Å². The second kappa shape index (κ2) is 3.60. The van der Waals surface area contributed by atoms with Crippen LogP contribution in [-0.4, -0.2) is 27.2 Å². The third-order valence-corrected chi connectivity index (χ3v) is 3.40. The molecule has 1 aliphatic heterocycles. The Hall–Kier alpha value is 0.270. The largest absolute Gasteiger partial charge is 0.598 e. The molecular weight excluding hydrogens is 146 g/mol. The smallest absolute Gasteiger partial charge is 0.130 e. The van der Waals surface area contributed by atoms with Crippen LogP contribution in [0, 0.1) is 0 Å². The van der Waals surface area contributed by atoms with Crippen molar-refractivity contribution in [3.05, 3.63) is 0 Å². The van der Waals surface area contributed by atoms with Crippen LogP contribution in [0.15, 0.2) is 0 Å². The maximum atomic E-state index is 11.4. The van der Waals surface area contributed by atoms with E-state index in [0.717, 1.165) is 13.1 Å². The number of hydrogen-bond acceptors (Lipinski definition) is 2. The van der Waals surface area contributed by atoms with Crippen molar-refractivity contribution in [3.8, 4) is 0 Å². The number of rotatable bonds is 2. The van der Waals surface area contributed by atoms with Crippen LogP contribution in [0.4, 0.5) is 0 Å². The van der Waals surface area contributed by atoms with Crippen LogP contribution in [0.2, 0.25) is 0 Å². The quantitative estimate of drug-likeness (QED) is 0.568. The lowest BCUT2D eigenvalue weighted by Gasteiger charge is -2.21. The molecule has 0 aromatic rings. The third kappa shape index (κ3) is 1.87. The second-order valence-electron chi connectivity index (χ2n) is 2.96. The molecule has 0 N–H and O–H groups in total. The average Bonchev–Trinajstić information content (AvgIpc) is 2.36. The SMILES string of the molecule is CC(C)[S+]([O-])N1CCCC1.